The molecular formula is C10H23N5O. The fraction of sp³-hybridized carbons (Fsp3) is 0.800. The molecule has 0 saturated heterocycles. The van der Waals surface area contributed by atoms with Crippen molar-refractivity contribution in [1.29, 1.82) is 0 Å². The van der Waals surface area contributed by atoms with E-state index in [0.29, 0.717) is 11.9 Å². The lowest BCUT2D eigenvalue weighted by molar-refractivity contribution is -0.120. The highest BCUT2D eigenvalue weighted by Gasteiger charge is 2.03. The van der Waals surface area contributed by atoms with E-state index in [0.717, 1.165) is 6.54 Å². The van der Waals surface area contributed by atoms with E-state index in [4.69, 9.17) is 5.84 Å². The number of hydrogen-bond acceptors (Lipinski definition) is 3. The predicted molar refractivity (Wildman–Crippen MR) is 65.7 cm³/mol. The second kappa shape index (κ2) is 7.92. The lowest BCUT2D eigenvalue weighted by atomic mass is 10.2. The van der Waals surface area contributed by atoms with E-state index in [1.807, 2.05) is 13.8 Å². The molecule has 0 atom stereocenters. The molecule has 16 heavy (non-hydrogen) atoms. The first-order valence-electron chi connectivity index (χ1n) is 5.50. The predicted octanol–water partition coefficient (Wildman–Crippen LogP) is -0.424. The zero-order valence-electron chi connectivity index (χ0n) is 10.5. The zero-order chi connectivity index (χ0) is 12.6. The Bertz CT molecular complexity index is 237. The molecule has 6 heteroatoms. The summed E-state index contributed by atoms with van der Waals surface area (Å²) in [6.07, 6.45) is 0. The maximum absolute atomic E-state index is 11.3. The van der Waals surface area contributed by atoms with Crippen LogP contribution < -0.4 is 21.9 Å². The summed E-state index contributed by atoms with van der Waals surface area (Å²) in [5.41, 5.74) is 2.42. The van der Waals surface area contributed by atoms with Gasteiger partial charge in [-0.2, -0.15) is 0 Å². The Morgan fingerprint density at radius 3 is 2.38 bits per heavy atom. The van der Waals surface area contributed by atoms with Gasteiger partial charge in [-0.05, 0) is 19.8 Å². The monoisotopic (exact) mass is 229 g/mol. The first-order valence-corrected chi connectivity index (χ1v) is 5.50. The van der Waals surface area contributed by atoms with Crippen molar-refractivity contribution in [2.45, 2.75) is 33.7 Å². The highest BCUT2D eigenvalue weighted by molar-refractivity contribution is 5.84. The van der Waals surface area contributed by atoms with Crippen LogP contribution in [0.2, 0.25) is 0 Å². The molecule has 0 fully saturated rings. The molecule has 0 saturated carbocycles. The van der Waals surface area contributed by atoms with Crippen LogP contribution >= 0.6 is 0 Å². The van der Waals surface area contributed by atoms with Gasteiger partial charge < -0.3 is 10.6 Å². The second-order valence-electron chi connectivity index (χ2n) is 4.31. The van der Waals surface area contributed by atoms with Crippen molar-refractivity contribution < 1.29 is 4.79 Å². The van der Waals surface area contributed by atoms with Crippen LogP contribution in [-0.4, -0.2) is 31.0 Å². The van der Waals surface area contributed by atoms with Gasteiger partial charge in [0.2, 0.25) is 11.9 Å². The highest BCUT2D eigenvalue weighted by Crippen LogP contribution is 1.86. The maximum atomic E-state index is 11.3. The van der Waals surface area contributed by atoms with Crippen LogP contribution in [0.15, 0.2) is 4.99 Å². The second-order valence-corrected chi connectivity index (χ2v) is 4.31. The highest BCUT2D eigenvalue weighted by atomic mass is 16.1. The molecule has 0 bridgehead atoms. The molecule has 0 aromatic heterocycles. The van der Waals surface area contributed by atoms with Gasteiger partial charge in [-0.25, -0.2) is 10.8 Å². The fourth-order valence-corrected chi connectivity index (χ4v) is 0.972. The molecule has 94 valence electrons. The summed E-state index contributed by atoms with van der Waals surface area (Å²) >= 11 is 0. The average Bonchev–Trinajstić information content (AvgIpc) is 2.16. The van der Waals surface area contributed by atoms with Gasteiger partial charge in [0.25, 0.3) is 0 Å². The molecule has 0 aromatic rings. The van der Waals surface area contributed by atoms with Crippen molar-refractivity contribution in [3.8, 4) is 0 Å². The topological polar surface area (TPSA) is 91.5 Å². The number of hydrogen-bond donors (Lipinski definition) is 4. The molecule has 0 radical (unpaired) electrons. The Balaban J connectivity index is 4.00. The number of carbonyl (C=O) groups is 1. The Morgan fingerprint density at radius 2 is 1.94 bits per heavy atom. The number of carbonyl (C=O) groups excluding carboxylic acids is 1. The number of guanidine groups is 1. The van der Waals surface area contributed by atoms with Crippen LogP contribution in [0.5, 0.6) is 0 Å². The minimum Gasteiger partial charge on any atom is -0.355 e. The smallest absolute Gasteiger partial charge is 0.242 e. The van der Waals surface area contributed by atoms with Crippen LogP contribution in [0.3, 0.4) is 0 Å². The van der Waals surface area contributed by atoms with Gasteiger partial charge in [-0.1, -0.05) is 13.8 Å². The van der Waals surface area contributed by atoms with Crippen LogP contribution in [0, 0.1) is 5.92 Å². The minimum absolute atomic E-state index is 0.0722. The number of rotatable bonds is 5. The molecule has 0 rings (SSSR count). The third-order valence-electron chi connectivity index (χ3n) is 1.64. The summed E-state index contributed by atoms with van der Waals surface area (Å²) in [6.45, 7) is 8.79. The van der Waals surface area contributed by atoms with Gasteiger partial charge in [0.05, 0.1) is 0 Å². The normalized spacial score (nSPS) is 11.8. The Morgan fingerprint density at radius 1 is 1.31 bits per heavy atom. The fourth-order valence-electron chi connectivity index (χ4n) is 0.972. The van der Waals surface area contributed by atoms with E-state index in [9.17, 15) is 4.79 Å². The van der Waals surface area contributed by atoms with Crippen molar-refractivity contribution in [3.63, 3.8) is 0 Å². The summed E-state index contributed by atoms with van der Waals surface area (Å²) < 4.78 is 0. The molecule has 0 aliphatic heterocycles. The van der Waals surface area contributed by atoms with Crippen LogP contribution in [0.1, 0.15) is 27.7 Å². The number of amides is 1. The zero-order valence-corrected chi connectivity index (χ0v) is 10.5. The van der Waals surface area contributed by atoms with Crippen molar-refractivity contribution in [3.05, 3.63) is 0 Å². The van der Waals surface area contributed by atoms with Crippen LogP contribution in [0.4, 0.5) is 0 Å². The van der Waals surface area contributed by atoms with Gasteiger partial charge in [0, 0.05) is 12.6 Å². The Labute approximate surface area is 97.0 Å². The summed E-state index contributed by atoms with van der Waals surface area (Å²) in [5, 5.41) is 5.76. The van der Waals surface area contributed by atoms with Gasteiger partial charge in [-0.3, -0.25) is 10.2 Å². The third kappa shape index (κ3) is 8.05. The van der Waals surface area contributed by atoms with Gasteiger partial charge >= 0.3 is 0 Å². The van der Waals surface area contributed by atoms with Crippen molar-refractivity contribution in [2.24, 2.45) is 16.8 Å². The molecule has 0 unspecified atom stereocenters. The SMILES string of the molecule is CC(C)CNC(=NCC(=O)NC(C)C)NN. The van der Waals surface area contributed by atoms with Gasteiger partial charge in [-0.15, -0.1) is 0 Å². The van der Waals surface area contributed by atoms with E-state index >= 15 is 0 Å². The largest absolute Gasteiger partial charge is 0.355 e. The molecule has 0 heterocycles. The first kappa shape index (κ1) is 14.7. The molecule has 0 spiro atoms. The molecular weight excluding hydrogens is 206 g/mol. The van der Waals surface area contributed by atoms with E-state index in [1.165, 1.54) is 0 Å². The molecule has 0 aromatic carbocycles. The number of hydrazine groups is 1. The average molecular weight is 229 g/mol. The van der Waals surface area contributed by atoms with Crippen LogP contribution in [-0.2, 0) is 4.79 Å². The van der Waals surface area contributed by atoms with Crippen molar-refractivity contribution in [2.75, 3.05) is 13.1 Å². The van der Waals surface area contributed by atoms with E-state index in [2.05, 4.69) is 34.9 Å². The third-order valence-corrected chi connectivity index (χ3v) is 1.64. The number of nitrogens with two attached hydrogens (primary N) is 1. The molecule has 0 aliphatic rings. The Kier molecular flexibility index (Phi) is 7.28. The summed E-state index contributed by atoms with van der Waals surface area (Å²) in [7, 11) is 0. The van der Waals surface area contributed by atoms with Gasteiger partial charge in [0.15, 0.2) is 0 Å². The standard InChI is InChI=1S/C10H23N5O/c1-7(2)5-12-10(15-11)13-6-9(16)14-8(3)4/h7-8H,5-6,11H2,1-4H3,(H,14,16)(H2,12,13,15). The number of nitrogens with one attached hydrogen (secondary N) is 3. The lowest BCUT2D eigenvalue weighted by Gasteiger charge is -2.11. The molecule has 5 N–H and O–H groups in total. The molecule has 1 amide bonds. The summed E-state index contributed by atoms with van der Waals surface area (Å²) in [5.74, 6) is 6.08. The van der Waals surface area contributed by atoms with E-state index < -0.39 is 0 Å². The lowest BCUT2D eigenvalue weighted by Crippen LogP contribution is -2.43. The number of aliphatic imine (C=N–C) groups is 1. The molecule has 0 aliphatic carbocycles. The van der Waals surface area contributed by atoms with Crippen molar-refractivity contribution >= 4 is 11.9 Å². The first-order chi connectivity index (χ1) is 7.45. The maximum Gasteiger partial charge on any atom is 0.242 e. The van der Waals surface area contributed by atoms with Crippen LogP contribution in [0.25, 0.3) is 0 Å². The number of nitrogens with zero attached hydrogens (tertiary/aromatic N) is 1. The van der Waals surface area contributed by atoms with E-state index in [1.54, 1.807) is 0 Å². The van der Waals surface area contributed by atoms with Gasteiger partial charge in [0.1, 0.15) is 6.54 Å². The summed E-state index contributed by atoms with van der Waals surface area (Å²) in [6, 6.07) is 0.126. The quantitative estimate of drug-likeness (QED) is 0.223. The Hall–Kier alpha value is -1.30. The van der Waals surface area contributed by atoms with E-state index in [-0.39, 0.29) is 18.5 Å². The van der Waals surface area contributed by atoms with Crippen molar-refractivity contribution in [1.82, 2.24) is 16.1 Å². The molecule has 6 nitrogen and oxygen atoms in total. The summed E-state index contributed by atoms with van der Waals surface area (Å²) in [4.78, 5) is 15.3. The minimum atomic E-state index is -0.117.